The number of carbonyl (C=O) groups excluding carboxylic acids is 1. The largest absolute Gasteiger partial charge is 0.444 e. The molecule has 5 heteroatoms. The highest BCUT2D eigenvalue weighted by molar-refractivity contribution is 5.87. The van der Waals surface area contributed by atoms with Gasteiger partial charge in [0.2, 0.25) is 0 Å². The topological polar surface area (TPSA) is 62.1 Å². The molecule has 1 heterocycles. The van der Waals surface area contributed by atoms with Crippen molar-refractivity contribution in [2.24, 2.45) is 10.9 Å². The van der Waals surface area contributed by atoms with Crippen molar-refractivity contribution >= 4 is 11.8 Å². The summed E-state index contributed by atoms with van der Waals surface area (Å²) in [6, 6.07) is 0.292. The van der Waals surface area contributed by atoms with Crippen molar-refractivity contribution in [1.29, 1.82) is 0 Å². The lowest BCUT2D eigenvalue weighted by molar-refractivity contribution is 0.0207. The van der Waals surface area contributed by atoms with Crippen LogP contribution in [0.1, 0.15) is 59.3 Å². The Kier molecular flexibility index (Phi) is 5.84. The molecular formula is C17H30N2O3. The average Bonchev–Trinajstić information content (AvgIpc) is 2.47. The van der Waals surface area contributed by atoms with E-state index in [1.807, 2.05) is 20.8 Å². The minimum absolute atomic E-state index is 0.218. The van der Waals surface area contributed by atoms with Crippen LogP contribution in [0.4, 0.5) is 4.79 Å². The van der Waals surface area contributed by atoms with Crippen molar-refractivity contribution in [3.8, 4) is 0 Å². The number of rotatable bonds is 2. The molecule has 0 aromatic carbocycles. The Morgan fingerprint density at radius 2 is 1.95 bits per heavy atom. The molecule has 5 nitrogen and oxygen atoms in total. The second-order valence-corrected chi connectivity index (χ2v) is 7.44. The van der Waals surface area contributed by atoms with Crippen LogP contribution in [-0.2, 0) is 4.74 Å². The third-order valence-corrected chi connectivity index (χ3v) is 4.39. The van der Waals surface area contributed by atoms with Crippen LogP contribution in [0.15, 0.2) is 4.99 Å². The first-order valence-electron chi connectivity index (χ1n) is 8.54. The molecule has 0 aromatic rings. The van der Waals surface area contributed by atoms with Crippen LogP contribution >= 0.6 is 0 Å². The van der Waals surface area contributed by atoms with Gasteiger partial charge in [-0.2, -0.15) is 0 Å². The number of piperidine rings is 1. The Hall–Kier alpha value is -1.10. The van der Waals surface area contributed by atoms with Gasteiger partial charge in [-0.3, -0.25) is 4.99 Å². The van der Waals surface area contributed by atoms with Gasteiger partial charge in [0.15, 0.2) is 0 Å². The fourth-order valence-electron chi connectivity index (χ4n) is 3.17. The van der Waals surface area contributed by atoms with Gasteiger partial charge in [0.25, 0.3) is 0 Å². The van der Waals surface area contributed by atoms with Crippen LogP contribution < -0.4 is 0 Å². The zero-order valence-corrected chi connectivity index (χ0v) is 14.2. The molecule has 2 fully saturated rings. The van der Waals surface area contributed by atoms with E-state index >= 15 is 0 Å². The van der Waals surface area contributed by atoms with Crippen LogP contribution in [0.3, 0.4) is 0 Å². The molecule has 1 aliphatic carbocycles. The molecule has 1 amide bonds. The van der Waals surface area contributed by atoms with E-state index in [2.05, 4.69) is 0 Å². The Morgan fingerprint density at radius 1 is 1.27 bits per heavy atom. The first-order valence-corrected chi connectivity index (χ1v) is 8.54. The Labute approximate surface area is 133 Å². The zero-order valence-electron chi connectivity index (χ0n) is 14.2. The van der Waals surface area contributed by atoms with E-state index in [9.17, 15) is 9.90 Å². The van der Waals surface area contributed by atoms with Crippen molar-refractivity contribution in [2.75, 3.05) is 19.7 Å². The first-order chi connectivity index (χ1) is 10.4. The number of amides is 1. The van der Waals surface area contributed by atoms with Crippen LogP contribution in [-0.4, -0.2) is 53.2 Å². The highest BCUT2D eigenvalue weighted by Gasteiger charge is 2.28. The monoisotopic (exact) mass is 310 g/mol. The zero-order chi connectivity index (χ0) is 16.2. The molecule has 0 bridgehead atoms. The van der Waals surface area contributed by atoms with Gasteiger partial charge in [-0.05, 0) is 52.9 Å². The van der Waals surface area contributed by atoms with E-state index in [-0.39, 0.29) is 18.6 Å². The van der Waals surface area contributed by atoms with E-state index in [0.29, 0.717) is 19.1 Å². The number of likely N-dealkylation sites (tertiary alicyclic amines) is 1. The van der Waals surface area contributed by atoms with Gasteiger partial charge in [-0.25, -0.2) is 4.79 Å². The predicted octanol–water partition coefficient (Wildman–Crippen LogP) is 3.01. The van der Waals surface area contributed by atoms with Crippen LogP contribution in [0.5, 0.6) is 0 Å². The number of hydrogen-bond acceptors (Lipinski definition) is 4. The third kappa shape index (κ3) is 4.97. The van der Waals surface area contributed by atoms with Crippen molar-refractivity contribution in [3.05, 3.63) is 0 Å². The number of ether oxygens (including phenoxy) is 1. The Bertz CT molecular complexity index is 407. The molecule has 1 saturated carbocycles. The maximum Gasteiger partial charge on any atom is 0.410 e. The van der Waals surface area contributed by atoms with Gasteiger partial charge in [-0.15, -0.1) is 0 Å². The summed E-state index contributed by atoms with van der Waals surface area (Å²) in [5.41, 5.74) is 0.759. The van der Waals surface area contributed by atoms with Crippen molar-refractivity contribution < 1.29 is 14.6 Å². The standard InChI is InChI=1S/C17H30N2O3/c1-17(2,3)22-16(21)19-10-8-14(9-11-19)18-15-7-5-4-6-13(15)12-20/h13-14,20H,4-12H2,1-3H3/t13-/m1/s1. The van der Waals surface area contributed by atoms with Gasteiger partial charge in [0, 0.05) is 24.7 Å². The van der Waals surface area contributed by atoms with Crippen LogP contribution in [0.25, 0.3) is 0 Å². The van der Waals surface area contributed by atoms with Gasteiger partial charge in [0.05, 0.1) is 12.6 Å². The molecule has 1 atom stereocenters. The number of hydrogen-bond donors (Lipinski definition) is 1. The lowest BCUT2D eigenvalue weighted by atomic mass is 9.87. The van der Waals surface area contributed by atoms with E-state index in [1.165, 1.54) is 18.6 Å². The second kappa shape index (κ2) is 7.44. The minimum atomic E-state index is -0.440. The average molecular weight is 310 g/mol. The smallest absolute Gasteiger partial charge is 0.410 e. The number of nitrogens with zero attached hydrogens (tertiary/aromatic N) is 2. The third-order valence-electron chi connectivity index (χ3n) is 4.39. The van der Waals surface area contributed by atoms with E-state index in [4.69, 9.17) is 9.73 Å². The van der Waals surface area contributed by atoms with Crippen molar-refractivity contribution in [3.63, 3.8) is 0 Å². The van der Waals surface area contributed by atoms with Crippen LogP contribution in [0.2, 0.25) is 0 Å². The Balaban J connectivity index is 1.85. The summed E-state index contributed by atoms with van der Waals surface area (Å²) < 4.78 is 5.41. The normalized spacial score (nSPS) is 26.3. The predicted molar refractivity (Wildman–Crippen MR) is 87.3 cm³/mol. The summed E-state index contributed by atoms with van der Waals surface area (Å²) in [7, 11) is 0. The summed E-state index contributed by atoms with van der Waals surface area (Å²) in [5, 5.41) is 9.46. The minimum Gasteiger partial charge on any atom is -0.444 e. The molecule has 126 valence electrons. The van der Waals surface area contributed by atoms with Crippen molar-refractivity contribution in [1.82, 2.24) is 4.90 Å². The quantitative estimate of drug-likeness (QED) is 0.853. The second-order valence-electron chi connectivity index (χ2n) is 7.44. The summed E-state index contributed by atoms with van der Waals surface area (Å²) in [5.74, 6) is 0.262. The maximum atomic E-state index is 12.0. The van der Waals surface area contributed by atoms with Gasteiger partial charge < -0.3 is 14.7 Å². The molecule has 1 N–H and O–H groups in total. The highest BCUT2D eigenvalue weighted by atomic mass is 16.6. The summed E-state index contributed by atoms with van der Waals surface area (Å²) in [6.45, 7) is 7.31. The SMILES string of the molecule is CC(C)(C)OC(=O)N1CCC(N=C2CCCC[C@@H]2CO)CC1. The highest BCUT2D eigenvalue weighted by Crippen LogP contribution is 2.24. The number of aliphatic imine (C=N–C) groups is 1. The molecular weight excluding hydrogens is 280 g/mol. The number of aliphatic hydroxyl groups excluding tert-OH is 1. The van der Waals surface area contributed by atoms with E-state index in [0.717, 1.165) is 25.7 Å². The maximum absolute atomic E-state index is 12.0. The number of carbonyl (C=O) groups is 1. The van der Waals surface area contributed by atoms with Gasteiger partial charge in [-0.1, -0.05) is 6.42 Å². The Morgan fingerprint density at radius 3 is 2.55 bits per heavy atom. The summed E-state index contributed by atoms with van der Waals surface area (Å²) >= 11 is 0. The summed E-state index contributed by atoms with van der Waals surface area (Å²) in [6.07, 6.45) is 6.03. The van der Waals surface area contributed by atoms with Gasteiger partial charge >= 0.3 is 6.09 Å². The molecule has 0 aromatic heterocycles. The molecule has 0 unspecified atom stereocenters. The molecule has 1 aliphatic heterocycles. The van der Waals surface area contributed by atoms with E-state index < -0.39 is 5.60 Å². The number of aliphatic hydroxyl groups is 1. The molecule has 0 spiro atoms. The first kappa shape index (κ1) is 17.3. The van der Waals surface area contributed by atoms with Crippen molar-refractivity contribution in [2.45, 2.75) is 70.9 Å². The van der Waals surface area contributed by atoms with E-state index in [1.54, 1.807) is 4.90 Å². The fraction of sp³-hybridized carbons (Fsp3) is 0.882. The fourth-order valence-corrected chi connectivity index (χ4v) is 3.17. The molecule has 22 heavy (non-hydrogen) atoms. The van der Waals surface area contributed by atoms with Gasteiger partial charge in [0.1, 0.15) is 5.60 Å². The molecule has 2 rings (SSSR count). The van der Waals surface area contributed by atoms with Crippen LogP contribution in [0, 0.1) is 5.92 Å². The molecule has 1 saturated heterocycles. The lowest BCUT2D eigenvalue weighted by Gasteiger charge is -2.33. The molecule has 0 radical (unpaired) electrons. The molecule has 2 aliphatic rings. The summed E-state index contributed by atoms with van der Waals surface area (Å²) in [4.78, 5) is 18.7. The lowest BCUT2D eigenvalue weighted by Crippen LogP contribution is -2.43.